The van der Waals surface area contributed by atoms with Crippen LogP contribution in [0.2, 0.25) is 0 Å². The Morgan fingerprint density at radius 1 is 0.744 bits per heavy atom. The first kappa shape index (κ1) is 27.3. The first-order valence-corrected chi connectivity index (χ1v) is 13.7. The van der Waals surface area contributed by atoms with Gasteiger partial charge in [0.15, 0.2) is 6.29 Å². The first-order valence-electron chi connectivity index (χ1n) is 13.7. The average Bonchev–Trinajstić information content (AvgIpc) is 2.99. The molecule has 202 valence electrons. The van der Waals surface area contributed by atoms with Gasteiger partial charge in [-0.1, -0.05) is 97.9 Å². The third-order valence-electron chi connectivity index (χ3n) is 7.57. The molecule has 0 bridgehead atoms. The molecular formula is C34H38N2O3. The molecule has 3 N–H and O–H groups in total. The number of ether oxygens (including phenoxy) is 2. The second kappa shape index (κ2) is 12.7. The number of aliphatic hydroxyl groups is 1. The number of rotatable bonds is 9. The summed E-state index contributed by atoms with van der Waals surface area (Å²) >= 11 is 0. The average molecular weight is 523 g/mol. The van der Waals surface area contributed by atoms with Crippen LogP contribution < -0.4 is 5.73 Å². The van der Waals surface area contributed by atoms with Gasteiger partial charge < -0.3 is 20.3 Å². The molecular weight excluding hydrogens is 484 g/mol. The van der Waals surface area contributed by atoms with Gasteiger partial charge in [-0.05, 0) is 52.6 Å². The molecule has 5 heteroatoms. The highest BCUT2D eigenvalue weighted by atomic mass is 16.7. The Morgan fingerprint density at radius 2 is 1.44 bits per heavy atom. The number of aliphatic hydroxyl groups excluding tert-OH is 1. The number of hydrogen-bond donors (Lipinski definition) is 2. The minimum atomic E-state index is -0.503. The van der Waals surface area contributed by atoms with Gasteiger partial charge in [0.2, 0.25) is 0 Å². The van der Waals surface area contributed by atoms with E-state index in [0.29, 0.717) is 6.54 Å². The van der Waals surface area contributed by atoms with Crippen molar-refractivity contribution < 1.29 is 14.6 Å². The van der Waals surface area contributed by atoms with Crippen LogP contribution in [-0.4, -0.2) is 29.7 Å². The summed E-state index contributed by atoms with van der Waals surface area (Å²) in [5.41, 5.74) is 13.5. The van der Waals surface area contributed by atoms with E-state index < -0.39 is 6.29 Å². The maximum Gasteiger partial charge on any atom is 0.184 e. The molecule has 0 radical (unpaired) electrons. The highest BCUT2D eigenvalue weighted by Gasteiger charge is 2.38. The maximum absolute atomic E-state index is 9.53. The topological polar surface area (TPSA) is 68.0 Å². The van der Waals surface area contributed by atoms with Gasteiger partial charge in [-0.3, -0.25) is 4.90 Å². The van der Waals surface area contributed by atoms with Crippen LogP contribution in [0.1, 0.15) is 47.1 Å². The van der Waals surface area contributed by atoms with E-state index in [-0.39, 0.29) is 24.7 Å². The van der Waals surface area contributed by atoms with Gasteiger partial charge in [-0.2, -0.15) is 0 Å². The van der Waals surface area contributed by atoms with Crippen LogP contribution in [0.3, 0.4) is 0 Å². The van der Waals surface area contributed by atoms with Gasteiger partial charge >= 0.3 is 0 Å². The van der Waals surface area contributed by atoms with E-state index in [4.69, 9.17) is 15.2 Å². The predicted octanol–water partition coefficient (Wildman–Crippen LogP) is 6.23. The molecule has 1 aliphatic rings. The Kier molecular flexibility index (Phi) is 8.87. The molecule has 0 amide bonds. The van der Waals surface area contributed by atoms with Crippen molar-refractivity contribution in [3.8, 4) is 11.1 Å². The first-order chi connectivity index (χ1) is 19.0. The fourth-order valence-electron chi connectivity index (χ4n) is 5.34. The lowest BCUT2D eigenvalue weighted by molar-refractivity contribution is -0.276. The smallest absolute Gasteiger partial charge is 0.184 e. The van der Waals surface area contributed by atoms with Crippen molar-refractivity contribution in [2.75, 3.05) is 13.6 Å². The number of likely N-dealkylation sites (N-methyl/N-ethyl adjacent to an activating group) is 1. The van der Waals surface area contributed by atoms with Crippen LogP contribution in [0.25, 0.3) is 11.1 Å². The molecule has 4 aromatic carbocycles. The highest BCUT2D eigenvalue weighted by molar-refractivity contribution is 5.65. The van der Waals surface area contributed by atoms with Crippen molar-refractivity contribution in [2.24, 2.45) is 11.7 Å². The van der Waals surface area contributed by atoms with Crippen LogP contribution >= 0.6 is 0 Å². The summed E-state index contributed by atoms with van der Waals surface area (Å²) in [5, 5.41) is 9.53. The quantitative estimate of drug-likeness (QED) is 0.273. The maximum atomic E-state index is 9.53. The van der Waals surface area contributed by atoms with Crippen molar-refractivity contribution >= 4 is 0 Å². The molecule has 1 heterocycles. The van der Waals surface area contributed by atoms with Gasteiger partial charge in [-0.15, -0.1) is 0 Å². The zero-order chi connectivity index (χ0) is 27.2. The summed E-state index contributed by atoms with van der Waals surface area (Å²) in [6, 6.07) is 35.3. The van der Waals surface area contributed by atoms with E-state index in [9.17, 15) is 5.11 Å². The molecule has 1 aliphatic heterocycles. The number of hydrogen-bond acceptors (Lipinski definition) is 5. The minimum absolute atomic E-state index is 0.0259. The van der Waals surface area contributed by atoms with Crippen LogP contribution in [-0.2, 0) is 29.2 Å². The van der Waals surface area contributed by atoms with Crippen LogP contribution in [0.5, 0.6) is 0 Å². The van der Waals surface area contributed by atoms with Crippen LogP contribution in [0, 0.1) is 5.92 Å². The Morgan fingerprint density at radius 3 is 2.15 bits per heavy atom. The summed E-state index contributed by atoms with van der Waals surface area (Å²) in [6.45, 7) is 4.37. The van der Waals surface area contributed by atoms with E-state index in [1.165, 1.54) is 5.56 Å². The zero-order valence-corrected chi connectivity index (χ0v) is 22.7. The lowest BCUT2D eigenvalue weighted by Gasteiger charge is -2.42. The van der Waals surface area contributed by atoms with Gasteiger partial charge in [0.25, 0.3) is 0 Å². The SMILES string of the molecule is C[C@H]1[C@@H](CN(C)Cc2ccccc2)O[C@@H](c2cccc(-c3cccc(CN)c3)c2)O[C@H]1c1ccc(CO)cc1. The molecule has 0 aliphatic carbocycles. The third-order valence-corrected chi connectivity index (χ3v) is 7.57. The van der Waals surface area contributed by atoms with Gasteiger partial charge in [0.05, 0.1) is 18.8 Å². The van der Waals surface area contributed by atoms with Gasteiger partial charge in [0, 0.05) is 31.1 Å². The molecule has 0 saturated carbocycles. The van der Waals surface area contributed by atoms with E-state index >= 15 is 0 Å². The predicted molar refractivity (Wildman–Crippen MR) is 156 cm³/mol. The molecule has 5 rings (SSSR count). The summed E-state index contributed by atoms with van der Waals surface area (Å²) in [7, 11) is 2.14. The van der Waals surface area contributed by atoms with E-state index in [0.717, 1.165) is 46.5 Å². The van der Waals surface area contributed by atoms with Crippen LogP contribution in [0.15, 0.2) is 103 Å². The van der Waals surface area contributed by atoms with Crippen LogP contribution in [0.4, 0.5) is 0 Å². The monoisotopic (exact) mass is 522 g/mol. The van der Waals surface area contributed by atoms with Crippen molar-refractivity contribution in [1.29, 1.82) is 0 Å². The largest absolute Gasteiger partial charge is 0.392 e. The molecule has 0 spiro atoms. The van der Waals surface area contributed by atoms with Gasteiger partial charge in [0.1, 0.15) is 0 Å². The Balaban J connectivity index is 1.42. The van der Waals surface area contributed by atoms with Crippen molar-refractivity contribution in [3.05, 3.63) is 131 Å². The number of benzene rings is 4. The fourth-order valence-corrected chi connectivity index (χ4v) is 5.34. The van der Waals surface area contributed by atoms with Crippen molar-refractivity contribution in [2.45, 2.75) is 45.1 Å². The molecule has 39 heavy (non-hydrogen) atoms. The van der Waals surface area contributed by atoms with E-state index in [1.807, 2.05) is 30.3 Å². The van der Waals surface area contributed by atoms with Gasteiger partial charge in [-0.25, -0.2) is 0 Å². The van der Waals surface area contributed by atoms with E-state index in [2.05, 4.69) is 91.7 Å². The minimum Gasteiger partial charge on any atom is -0.392 e. The fraction of sp³-hybridized carbons (Fsp3) is 0.294. The summed E-state index contributed by atoms with van der Waals surface area (Å²) in [5.74, 6) is 0.129. The molecule has 1 saturated heterocycles. The third kappa shape index (κ3) is 6.64. The molecule has 4 atom stereocenters. The molecule has 0 unspecified atom stereocenters. The molecule has 4 aromatic rings. The number of nitrogens with zero attached hydrogens (tertiary/aromatic N) is 1. The highest BCUT2D eigenvalue weighted by Crippen LogP contribution is 2.42. The molecule has 1 fully saturated rings. The summed E-state index contributed by atoms with van der Waals surface area (Å²) < 4.78 is 13.4. The Labute approximate surface area is 231 Å². The Hall–Kier alpha value is -3.32. The lowest BCUT2D eigenvalue weighted by Crippen LogP contribution is -2.43. The molecule has 5 nitrogen and oxygen atoms in total. The Bertz CT molecular complexity index is 1340. The standard InChI is InChI=1S/C34H38N2O3/c1-24-32(22-36(2)21-25-8-4-3-5-9-25)38-34(39-33(24)28-16-14-26(23-37)15-17-28)31-13-7-12-30(19-31)29-11-6-10-27(18-29)20-35/h3-19,24,32-34,37H,20-23,35H2,1-2H3/t24-,32+,33+,34+/m0/s1. The lowest BCUT2D eigenvalue weighted by atomic mass is 9.90. The number of nitrogens with two attached hydrogens (primary N) is 1. The molecule has 0 aromatic heterocycles. The van der Waals surface area contributed by atoms with Crippen molar-refractivity contribution in [3.63, 3.8) is 0 Å². The summed E-state index contributed by atoms with van der Waals surface area (Å²) in [6.07, 6.45) is -0.684. The summed E-state index contributed by atoms with van der Waals surface area (Å²) in [4.78, 5) is 2.32. The zero-order valence-electron chi connectivity index (χ0n) is 22.7. The second-order valence-corrected chi connectivity index (χ2v) is 10.5. The van der Waals surface area contributed by atoms with Crippen molar-refractivity contribution in [1.82, 2.24) is 4.90 Å². The van der Waals surface area contributed by atoms with E-state index in [1.54, 1.807) is 0 Å². The second-order valence-electron chi connectivity index (χ2n) is 10.5. The normalized spacial score (nSPS) is 21.3.